The van der Waals surface area contributed by atoms with Crippen molar-refractivity contribution in [1.82, 2.24) is 4.90 Å². The molecule has 3 unspecified atom stereocenters. The van der Waals surface area contributed by atoms with Gasteiger partial charge in [-0.25, -0.2) is 0 Å². The number of carbonyl (C=O) groups excluding carboxylic acids is 1. The van der Waals surface area contributed by atoms with Crippen LogP contribution >= 0.6 is 0 Å². The van der Waals surface area contributed by atoms with Crippen molar-refractivity contribution in [3.8, 4) is 0 Å². The predicted octanol–water partition coefficient (Wildman–Crippen LogP) is 2.69. The van der Waals surface area contributed by atoms with Crippen molar-refractivity contribution in [3.05, 3.63) is 10.4 Å². The summed E-state index contributed by atoms with van der Waals surface area (Å²) in [7, 11) is 0. The summed E-state index contributed by atoms with van der Waals surface area (Å²) in [5, 5.41) is 3.62. The number of likely N-dealkylation sites (tertiary alicyclic amines) is 1. The van der Waals surface area contributed by atoms with E-state index in [9.17, 15) is 4.79 Å². The van der Waals surface area contributed by atoms with E-state index in [1.54, 1.807) is 0 Å². The summed E-state index contributed by atoms with van der Waals surface area (Å²) in [4.78, 5) is 17.1. The fourth-order valence-corrected chi connectivity index (χ4v) is 4.39. The van der Waals surface area contributed by atoms with E-state index in [1.807, 2.05) is 4.90 Å². The Morgan fingerprint density at radius 1 is 1.43 bits per heavy atom. The first-order valence-electron chi connectivity index (χ1n) is 7.79. The molecule has 21 heavy (non-hydrogen) atoms. The second kappa shape index (κ2) is 5.85. The van der Waals surface area contributed by atoms with E-state index in [1.165, 1.54) is 0 Å². The van der Waals surface area contributed by atoms with Gasteiger partial charge in [-0.3, -0.25) is 4.79 Å². The summed E-state index contributed by atoms with van der Waals surface area (Å²) in [6, 6.07) is 0.269. The van der Waals surface area contributed by atoms with Crippen LogP contribution < -0.4 is 5.73 Å². The lowest BCUT2D eigenvalue weighted by molar-refractivity contribution is -0.132. The van der Waals surface area contributed by atoms with Crippen molar-refractivity contribution in [2.24, 2.45) is 27.6 Å². The van der Waals surface area contributed by atoms with E-state index in [0.717, 1.165) is 25.8 Å². The molecule has 118 valence electrons. The molecule has 0 radical (unpaired) electrons. The highest BCUT2D eigenvalue weighted by molar-refractivity contribution is 5.79. The van der Waals surface area contributed by atoms with Crippen LogP contribution in [0.2, 0.25) is 0 Å². The van der Waals surface area contributed by atoms with Gasteiger partial charge >= 0.3 is 0 Å². The van der Waals surface area contributed by atoms with Crippen molar-refractivity contribution in [3.63, 3.8) is 0 Å². The Morgan fingerprint density at radius 2 is 2.14 bits per heavy atom. The van der Waals surface area contributed by atoms with E-state index in [-0.39, 0.29) is 28.7 Å². The van der Waals surface area contributed by atoms with Gasteiger partial charge in [0.15, 0.2) is 0 Å². The molecule has 2 aliphatic rings. The summed E-state index contributed by atoms with van der Waals surface area (Å²) >= 11 is 0. The standard InChI is InChI=1S/C15H27N5O/c1-14(2)5-12(6-15(3,9-14)10-16)20-8-11(4-13(20)21)7-18-19-17/h11-12H,4-10,16H2,1-3H3. The molecule has 2 N–H and O–H groups in total. The minimum Gasteiger partial charge on any atom is -0.339 e. The minimum atomic E-state index is 0.107. The van der Waals surface area contributed by atoms with Gasteiger partial charge in [-0.2, -0.15) is 0 Å². The summed E-state index contributed by atoms with van der Waals surface area (Å²) in [5.74, 6) is 0.373. The van der Waals surface area contributed by atoms with E-state index < -0.39 is 0 Å². The first kappa shape index (κ1) is 16.1. The van der Waals surface area contributed by atoms with Crippen LogP contribution in [0.1, 0.15) is 46.5 Å². The molecule has 1 saturated heterocycles. The Bertz CT molecular complexity index is 457. The molecule has 0 bridgehead atoms. The summed E-state index contributed by atoms with van der Waals surface area (Å²) in [6.45, 7) is 8.58. The number of amides is 1. The molecule has 6 nitrogen and oxygen atoms in total. The zero-order valence-electron chi connectivity index (χ0n) is 13.4. The summed E-state index contributed by atoms with van der Waals surface area (Å²) in [5.41, 5.74) is 14.7. The first-order chi connectivity index (χ1) is 9.78. The zero-order chi connectivity index (χ0) is 15.7. The topological polar surface area (TPSA) is 95.1 Å². The van der Waals surface area contributed by atoms with Crippen molar-refractivity contribution in [1.29, 1.82) is 0 Å². The summed E-state index contributed by atoms with van der Waals surface area (Å²) < 4.78 is 0. The third kappa shape index (κ3) is 3.69. The average Bonchev–Trinajstić information content (AvgIpc) is 2.75. The molecule has 1 heterocycles. The molecule has 1 saturated carbocycles. The monoisotopic (exact) mass is 293 g/mol. The van der Waals surface area contributed by atoms with Crippen LogP contribution in [0.5, 0.6) is 0 Å². The van der Waals surface area contributed by atoms with Crippen molar-refractivity contribution < 1.29 is 4.79 Å². The first-order valence-corrected chi connectivity index (χ1v) is 7.79. The number of nitrogens with zero attached hydrogens (tertiary/aromatic N) is 4. The lowest BCUT2D eigenvalue weighted by Crippen LogP contribution is -2.49. The highest BCUT2D eigenvalue weighted by Crippen LogP contribution is 2.47. The highest BCUT2D eigenvalue weighted by atomic mass is 16.2. The molecule has 2 rings (SSSR count). The van der Waals surface area contributed by atoms with Crippen LogP contribution in [-0.2, 0) is 4.79 Å². The van der Waals surface area contributed by atoms with Crippen LogP contribution in [0.4, 0.5) is 0 Å². The van der Waals surface area contributed by atoms with E-state index in [4.69, 9.17) is 11.3 Å². The van der Waals surface area contributed by atoms with Crippen LogP contribution in [0.3, 0.4) is 0 Å². The Morgan fingerprint density at radius 3 is 2.76 bits per heavy atom. The van der Waals surface area contributed by atoms with Gasteiger partial charge in [0.2, 0.25) is 5.91 Å². The SMILES string of the molecule is CC1(C)CC(N2CC(CN=[N+]=[N-])CC2=O)CC(C)(CN)C1. The van der Waals surface area contributed by atoms with Crippen LogP contribution in [0, 0.1) is 16.7 Å². The van der Waals surface area contributed by atoms with Gasteiger partial charge in [0.05, 0.1) is 0 Å². The lowest BCUT2D eigenvalue weighted by atomic mass is 9.62. The molecule has 1 aliphatic carbocycles. The van der Waals surface area contributed by atoms with E-state index in [0.29, 0.717) is 19.5 Å². The Hall–Kier alpha value is -1.26. The molecule has 0 spiro atoms. The van der Waals surface area contributed by atoms with Crippen molar-refractivity contribution >= 4 is 5.91 Å². The molecule has 1 aliphatic heterocycles. The number of azide groups is 1. The molecular formula is C15H27N5O. The van der Waals surface area contributed by atoms with Gasteiger partial charge in [0, 0.05) is 30.5 Å². The van der Waals surface area contributed by atoms with Gasteiger partial charge in [-0.1, -0.05) is 25.9 Å². The third-order valence-electron chi connectivity index (χ3n) is 5.00. The number of hydrogen-bond acceptors (Lipinski definition) is 3. The van der Waals surface area contributed by atoms with Gasteiger partial charge in [0.25, 0.3) is 0 Å². The fourth-order valence-electron chi connectivity index (χ4n) is 4.39. The maximum absolute atomic E-state index is 12.3. The number of rotatable bonds is 4. The highest BCUT2D eigenvalue weighted by Gasteiger charge is 2.45. The van der Waals surface area contributed by atoms with Gasteiger partial charge in [0.1, 0.15) is 0 Å². The van der Waals surface area contributed by atoms with Crippen LogP contribution in [-0.4, -0.2) is 36.5 Å². The molecule has 0 aromatic rings. The Kier molecular flexibility index (Phi) is 4.49. The summed E-state index contributed by atoms with van der Waals surface area (Å²) in [6.07, 6.45) is 3.63. The molecule has 6 heteroatoms. The average molecular weight is 293 g/mol. The number of nitrogens with two attached hydrogens (primary N) is 1. The quantitative estimate of drug-likeness (QED) is 0.490. The van der Waals surface area contributed by atoms with Gasteiger partial charge in [-0.05, 0) is 48.1 Å². The maximum atomic E-state index is 12.3. The number of hydrogen-bond donors (Lipinski definition) is 1. The molecule has 2 fully saturated rings. The molecular weight excluding hydrogens is 266 g/mol. The largest absolute Gasteiger partial charge is 0.339 e. The van der Waals surface area contributed by atoms with Gasteiger partial charge in [-0.15, -0.1) is 0 Å². The molecule has 0 aromatic carbocycles. The molecule has 1 amide bonds. The third-order valence-corrected chi connectivity index (χ3v) is 5.00. The fraction of sp³-hybridized carbons (Fsp3) is 0.933. The van der Waals surface area contributed by atoms with Crippen LogP contribution in [0.25, 0.3) is 10.4 Å². The number of carbonyl (C=O) groups is 1. The van der Waals surface area contributed by atoms with Gasteiger partial charge < -0.3 is 10.6 Å². The lowest BCUT2D eigenvalue weighted by Gasteiger charge is -2.48. The Balaban J connectivity index is 2.10. The maximum Gasteiger partial charge on any atom is 0.223 e. The zero-order valence-corrected chi connectivity index (χ0v) is 13.4. The van der Waals surface area contributed by atoms with E-state index in [2.05, 4.69) is 30.8 Å². The second-order valence-corrected chi connectivity index (χ2v) is 7.95. The van der Waals surface area contributed by atoms with E-state index >= 15 is 0 Å². The second-order valence-electron chi connectivity index (χ2n) is 7.95. The van der Waals surface area contributed by atoms with Crippen LogP contribution in [0.15, 0.2) is 5.11 Å². The van der Waals surface area contributed by atoms with Crippen molar-refractivity contribution in [2.75, 3.05) is 19.6 Å². The molecule has 0 aromatic heterocycles. The smallest absolute Gasteiger partial charge is 0.223 e. The van der Waals surface area contributed by atoms with Crippen molar-refractivity contribution in [2.45, 2.75) is 52.5 Å². The normalized spacial score (nSPS) is 35.6. The predicted molar refractivity (Wildman–Crippen MR) is 82.4 cm³/mol. The Labute approximate surface area is 126 Å². The molecule has 3 atom stereocenters. The minimum absolute atomic E-state index is 0.107.